The van der Waals surface area contributed by atoms with Gasteiger partial charge in [-0.05, 0) is 38.1 Å². The Bertz CT molecular complexity index is 741. The highest BCUT2D eigenvalue weighted by atomic mass is 16.7. The fourth-order valence-corrected chi connectivity index (χ4v) is 2.40. The molecule has 0 saturated carbocycles. The summed E-state index contributed by atoms with van der Waals surface area (Å²) in [6.07, 6.45) is 1.74. The molecule has 6 nitrogen and oxygen atoms in total. The van der Waals surface area contributed by atoms with Crippen LogP contribution in [0, 0.1) is 0 Å². The topological polar surface area (TPSA) is 68.6 Å². The molecule has 2 aromatic rings. The maximum atomic E-state index is 12.2. The highest BCUT2D eigenvalue weighted by Crippen LogP contribution is 2.23. The Morgan fingerprint density at radius 2 is 1.59 bits per heavy atom. The van der Waals surface area contributed by atoms with Gasteiger partial charge in [-0.1, -0.05) is 17.2 Å². The SMILES string of the molecule is CC(C)n1cccc1C(=O)ON1C(=O)c2ccccc2C1=O. The van der Waals surface area contributed by atoms with Crippen LogP contribution in [0.4, 0.5) is 0 Å². The highest BCUT2D eigenvalue weighted by Gasteiger charge is 2.39. The van der Waals surface area contributed by atoms with E-state index < -0.39 is 17.8 Å². The maximum Gasteiger partial charge on any atom is 0.380 e. The van der Waals surface area contributed by atoms with Gasteiger partial charge in [0.25, 0.3) is 11.8 Å². The van der Waals surface area contributed by atoms with Crippen LogP contribution in [-0.4, -0.2) is 27.4 Å². The summed E-state index contributed by atoms with van der Waals surface area (Å²) in [5, 5.41) is 0.519. The molecular formula is C16H14N2O4. The van der Waals surface area contributed by atoms with E-state index in [0.29, 0.717) is 5.06 Å². The zero-order chi connectivity index (χ0) is 15.9. The number of carbonyl (C=O) groups is 3. The van der Waals surface area contributed by atoms with E-state index >= 15 is 0 Å². The van der Waals surface area contributed by atoms with Crippen molar-refractivity contribution in [2.24, 2.45) is 0 Å². The van der Waals surface area contributed by atoms with Gasteiger partial charge in [0, 0.05) is 12.2 Å². The summed E-state index contributed by atoms with van der Waals surface area (Å²) in [7, 11) is 0. The summed E-state index contributed by atoms with van der Waals surface area (Å²) < 4.78 is 1.71. The molecule has 1 aromatic heterocycles. The van der Waals surface area contributed by atoms with Crippen molar-refractivity contribution in [3.8, 4) is 0 Å². The summed E-state index contributed by atoms with van der Waals surface area (Å²) in [6.45, 7) is 3.83. The molecule has 2 amide bonds. The maximum absolute atomic E-state index is 12.2. The Morgan fingerprint density at radius 3 is 2.14 bits per heavy atom. The van der Waals surface area contributed by atoms with Crippen molar-refractivity contribution in [1.29, 1.82) is 0 Å². The lowest BCUT2D eigenvalue weighted by Gasteiger charge is -2.15. The van der Waals surface area contributed by atoms with Gasteiger partial charge in [-0.2, -0.15) is 0 Å². The second-order valence-corrected chi connectivity index (χ2v) is 5.22. The predicted molar refractivity (Wildman–Crippen MR) is 77.2 cm³/mol. The van der Waals surface area contributed by atoms with Crippen LogP contribution in [0.3, 0.4) is 0 Å². The van der Waals surface area contributed by atoms with Crippen LogP contribution in [0.1, 0.15) is 51.1 Å². The first-order valence-electron chi connectivity index (χ1n) is 6.87. The van der Waals surface area contributed by atoms with Gasteiger partial charge < -0.3 is 9.40 Å². The largest absolute Gasteiger partial charge is 0.380 e. The van der Waals surface area contributed by atoms with Gasteiger partial charge in [-0.3, -0.25) is 9.59 Å². The van der Waals surface area contributed by atoms with Gasteiger partial charge in [0.05, 0.1) is 11.1 Å². The molecule has 0 atom stereocenters. The number of fused-ring (bicyclic) bond motifs is 1. The lowest BCUT2D eigenvalue weighted by atomic mass is 10.1. The van der Waals surface area contributed by atoms with Crippen molar-refractivity contribution in [3.63, 3.8) is 0 Å². The first-order valence-corrected chi connectivity index (χ1v) is 6.87. The van der Waals surface area contributed by atoms with E-state index in [-0.39, 0.29) is 22.9 Å². The Labute approximate surface area is 126 Å². The zero-order valence-corrected chi connectivity index (χ0v) is 12.1. The van der Waals surface area contributed by atoms with Crippen molar-refractivity contribution in [1.82, 2.24) is 9.63 Å². The predicted octanol–water partition coefficient (Wildman–Crippen LogP) is 2.44. The molecule has 0 radical (unpaired) electrons. The van der Waals surface area contributed by atoms with Gasteiger partial charge >= 0.3 is 5.97 Å². The fourth-order valence-electron chi connectivity index (χ4n) is 2.40. The molecule has 0 aliphatic carbocycles. The molecular weight excluding hydrogens is 284 g/mol. The van der Waals surface area contributed by atoms with E-state index in [4.69, 9.17) is 4.84 Å². The van der Waals surface area contributed by atoms with Crippen LogP contribution in [0.2, 0.25) is 0 Å². The van der Waals surface area contributed by atoms with Crippen molar-refractivity contribution in [2.45, 2.75) is 19.9 Å². The molecule has 2 heterocycles. The lowest BCUT2D eigenvalue weighted by Crippen LogP contribution is -2.33. The van der Waals surface area contributed by atoms with Crippen molar-refractivity contribution in [2.75, 3.05) is 0 Å². The van der Waals surface area contributed by atoms with E-state index in [1.54, 1.807) is 35.0 Å². The number of amides is 2. The fraction of sp³-hybridized carbons (Fsp3) is 0.188. The average molecular weight is 298 g/mol. The first kappa shape index (κ1) is 14.1. The molecule has 3 rings (SSSR count). The molecule has 112 valence electrons. The summed E-state index contributed by atoms with van der Waals surface area (Å²) >= 11 is 0. The Morgan fingerprint density at radius 1 is 1.00 bits per heavy atom. The van der Waals surface area contributed by atoms with Crippen LogP contribution in [-0.2, 0) is 4.84 Å². The molecule has 1 aliphatic rings. The van der Waals surface area contributed by atoms with Crippen LogP contribution >= 0.6 is 0 Å². The monoisotopic (exact) mass is 298 g/mol. The van der Waals surface area contributed by atoms with E-state index in [9.17, 15) is 14.4 Å². The number of imide groups is 1. The van der Waals surface area contributed by atoms with Gasteiger partial charge in [0.2, 0.25) is 0 Å². The van der Waals surface area contributed by atoms with Crippen LogP contribution < -0.4 is 0 Å². The molecule has 22 heavy (non-hydrogen) atoms. The first-order chi connectivity index (χ1) is 10.5. The summed E-state index contributed by atoms with van der Waals surface area (Å²) in [6, 6.07) is 9.71. The molecule has 0 unspecified atom stereocenters. The Kier molecular flexibility index (Phi) is 3.29. The van der Waals surface area contributed by atoms with E-state index in [1.165, 1.54) is 12.1 Å². The third-order valence-electron chi connectivity index (χ3n) is 3.48. The Balaban J connectivity index is 1.86. The number of hydrogen-bond acceptors (Lipinski definition) is 4. The minimum Gasteiger partial charge on any atom is -0.340 e. The molecule has 1 aromatic carbocycles. The second-order valence-electron chi connectivity index (χ2n) is 5.22. The quantitative estimate of drug-likeness (QED) is 0.816. The van der Waals surface area contributed by atoms with Crippen LogP contribution in [0.5, 0.6) is 0 Å². The highest BCUT2D eigenvalue weighted by molar-refractivity contribution is 6.21. The van der Waals surface area contributed by atoms with E-state index in [1.807, 2.05) is 13.8 Å². The van der Waals surface area contributed by atoms with Crippen LogP contribution in [0.25, 0.3) is 0 Å². The molecule has 0 bridgehead atoms. The van der Waals surface area contributed by atoms with Crippen LogP contribution in [0.15, 0.2) is 42.6 Å². The molecule has 0 spiro atoms. The number of nitrogens with zero attached hydrogens (tertiary/aromatic N) is 2. The second kappa shape index (κ2) is 5.14. The number of carbonyl (C=O) groups excluding carboxylic acids is 3. The molecule has 0 N–H and O–H groups in total. The number of benzene rings is 1. The third-order valence-corrected chi connectivity index (χ3v) is 3.48. The summed E-state index contributed by atoms with van der Waals surface area (Å²) in [5.41, 5.74) is 0.755. The van der Waals surface area contributed by atoms with E-state index in [2.05, 4.69) is 0 Å². The van der Waals surface area contributed by atoms with Gasteiger partial charge in [0.15, 0.2) is 0 Å². The molecule has 0 fully saturated rings. The molecule has 6 heteroatoms. The van der Waals surface area contributed by atoms with Gasteiger partial charge in [0.1, 0.15) is 5.69 Å². The standard InChI is InChI=1S/C16H14N2O4/c1-10(2)17-9-5-8-13(17)16(21)22-18-14(19)11-6-3-4-7-12(11)15(18)20/h3-10H,1-2H3. The Hall–Kier alpha value is -2.89. The minimum atomic E-state index is -0.742. The average Bonchev–Trinajstić information content (AvgIpc) is 3.08. The lowest BCUT2D eigenvalue weighted by molar-refractivity contribution is -0.0592. The van der Waals surface area contributed by atoms with E-state index in [0.717, 1.165) is 0 Å². The van der Waals surface area contributed by atoms with Crippen molar-refractivity contribution >= 4 is 17.8 Å². The molecule has 1 aliphatic heterocycles. The summed E-state index contributed by atoms with van der Waals surface area (Å²) in [4.78, 5) is 41.6. The zero-order valence-electron chi connectivity index (χ0n) is 12.1. The van der Waals surface area contributed by atoms with Crippen molar-refractivity contribution < 1.29 is 19.2 Å². The van der Waals surface area contributed by atoms with Crippen molar-refractivity contribution in [3.05, 3.63) is 59.4 Å². The minimum absolute atomic E-state index is 0.0553. The number of hydroxylamine groups is 2. The van der Waals surface area contributed by atoms with Gasteiger partial charge in [-0.25, -0.2) is 4.79 Å². The van der Waals surface area contributed by atoms with Gasteiger partial charge in [-0.15, -0.1) is 0 Å². The normalized spacial score (nSPS) is 13.7. The number of rotatable bonds is 3. The number of aromatic nitrogens is 1. The number of hydrogen-bond donors (Lipinski definition) is 0. The summed E-state index contributed by atoms with van der Waals surface area (Å²) in [5.74, 6) is -2.00. The smallest absolute Gasteiger partial charge is 0.340 e. The molecule has 0 saturated heterocycles. The third kappa shape index (κ3) is 2.09.